The number of rotatable bonds is 9. The molecule has 0 aliphatic rings. The molecule has 2 heteroatoms. The van der Waals surface area contributed by atoms with Gasteiger partial charge in [0.2, 0.25) is 6.54 Å². The van der Waals surface area contributed by atoms with E-state index < -0.39 is 0 Å². The van der Waals surface area contributed by atoms with Gasteiger partial charge < -0.3 is 9.74 Å². The minimum absolute atomic E-state index is 0.689. The van der Waals surface area contributed by atoms with Crippen molar-refractivity contribution < 1.29 is 0 Å². The van der Waals surface area contributed by atoms with Crippen molar-refractivity contribution in [2.45, 2.75) is 46.0 Å². The van der Waals surface area contributed by atoms with E-state index in [0.29, 0.717) is 6.54 Å². The SMILES string of the molecule is [C-]#[N+]CCCN(CCCC)CCCC. The molecule has 0 saturated carbocycles. The van der Waals surface area contributed by atoms with Gasteiger partial charge in [0.15, 0.2) is 0 Å². The highest BCUT2D eigenvalue weighted by Gasteiger charge is 2.03. The summed E-state index contributed by atoms with van der Waals surface area (Å²) < 4.78 is 0. The highest BCUT2D eigenvalue weighted by Crippen LogP contribution is 2.00. The van der Waals surface area contributed by atoms with E-state index in [9.17, 15) is 0 Å². The van der Waals surface area contributed by atoms with Gasteiger partial charge in [-0.1, -0.05) is 26.7 Å². The Morgan fingerprint density at radius 3 is 1.86 bits per heavy atom. The topological polar surface area (TPSA) is 7.60 Å². The summed E-state index contributed by atoms with van der Waals surface area (Å²) in [4.78, 5) is 5.90. The lowest BCUT2D eigenvalue weighted by atomic mass is 10.2. The molecular weight excluding hydrogens is 172 g/mol. The predicted octanol–water partition coefficient (Wildman–Crippen LogP) is 3.20. The normalized spacial score (nSPS) is 10.4. The first-order chi connectivity index (χ1) is 6.85. The first-order valence-electron chi connectivity index (χ1n) is 5.90. The van der Waals surface area contributed by atoms with Crippen molar-refractivity contribution in [1.29, 1.82) is 0 Å². The molecule has 0 N–H and O–H groups in total. The highest BCUT2D eigenvalue weighted by atomic mass is 15.1. The van der Waals surface area contributed by atoms with Crippen molar-refractivity contribution >= 4 is 0 Å². The van der Waals surface area contributed by atoms with Gasteiger partial charge in [0.25, 0.3) is 0 Å². The van der Waals surface area contributed by atoms with Crippen molar-refractivity contribution in [2.24, 2.45) is 0 Å². The van der Waals surface area contributed by atoms with E-state index in [1.54, 1.807) is 0 Å². The Labute approximate surface area is 89.1 Å². The van der Waals surface area contributed by atoms with Gasteiger partial charge in [-0.05, 0) is 25.9 Å². The second-order valence-electron chi connectivity index (χ2n) is 3.78. The fourth-order valence-electron chi connectivity index (χ4n) is 1.47. The summed E-state index contributed by atoms with van der Waals surface area (Å²) in [5.74, 6) is 0. The summed E-state index contributed by atoms with van der Waals surface area (Å²) >= 11 is 0. The molecule has 82 valence electrons. The Morgan fingerprint density at radius 2 is 1.43 bits per heavy atom. The van der Waals surface area contributed by atoms with Crippen LogP contribution in [0, 0.1) is 6.57 Å². The van der Waals surface area contributed by atoms with Crippen LogP contribution in [0.3, 0.4) is 0 Å². The molecule has 0 aromatic carbocycles. The molecule has 2 nitrogen and oxygen atoms in total. The smallest absolute Gasteiger partial charge is 0.215 e. The summed E-state index contributed by atoms with van der Waals surface area (Å²) in [6, 6.07) is 0. The van der Waals surface area contributed by atoms with E-state index in [1.165, 1.54) is 38.8 Å². The van der Waals surface area contributed by atoms with Gasteiger partial charge in [0.05, 0.1) is 0 Å². The molecule has 0 heterocycles. The molecule has 0 bridgehead atoms. The molecule has 0 amide bonds. The van der Waals surface area contributed by atoms with Crippen LogP contribution >= 0.6 is 0 Å². The first kappa shape index (κ1) is 13.4. The van der Waals surface area contributed by atoms with Crippen LogP contribution < -0.4 is 0 Å². The van der Waals surface area contributed by atoms with Crippen LogP contribution in [-0.2, 0) is 0 Å². The number of unbranched alkanes of at least 4 members (excludes halogenated alkanes) is 2. The van der Waals surface area contributed by atoms with E-state index in [1.807, 2.05) is 0 Å². The Morgan fingerprint density at radius 1 is 0.929 bits per heavy atom. The lowest BCUT2D eigenvalue weighted by molar-refractivity contribution is 0.265. The van der Waals surface area contributed by atoms with Crippen molar-refractivity contribution in [2.75, 3.05) is 26.2 Å². The summed E-state index contributed by atoms with van der Waals surface area (Å²) in [6.07, 6.45) is 6.16. The van der Waals surface area contributed by atoms with Crippen LogP contribution in [0.2, 0.25) is 0 Å². The zero-order valence-corrected chi connectivity index (χ0v) is 9.76. The zero-order chi connectivity index (χ0) is 10.6. The molecule has 0 aromatic rings. The van der Waals surface area contributed by atoms with Crippen LogP contribution in [-0.4, -0.2) is 31.1 Å². The van der Waals surface area contributed by atoms with Crippen LogP contribution in [0.1, 0.15) is 46.0 Å². The molecular formula is C12H24N2. The molecule has 0 saturated heterocycles. The Kier molecular flexibility index (Phi) is 10.1. The van der Waals surface area contributed by atoms with Crippen molar-refractivity contribution in [3.05, 3.63) is 11.4 Å². The molecule has 0 radical (unpaired) electrons. The maximum Gasteiger partial charge on any atom is 0.215 e. The number of nitrogens with zero attached hydrogens (tertiary/aromatic N) is 2. The van der Waals surface area contributed by atoms with Gasteiger partial charge in [-0.25, -0.2) is 6.57 Å². The van der Waals surface area contributed by atoms with Crippen LogP contribution in [0.15, 0.2) is 0 Å². The average molecular weight is 196 g/mol. The number of hydrogen-bond acceptors (Lipinski definition) is 1. The highest BCUT2D eigenvalue weighted by molar-refractivity contribution is 4.63. The van der Waals surface area contributed by atoms with Crippen molar-refractivity contribution in [1.82, 2.24) is 4.90 Å². The Hall–Kier alpha value is -0.550. The van der Waals surface area contributed by atoms with Gasteiger partial charge in [-0.3, -0.25) is 0 Å². The third-order valence-electron chi connectivity index (χ3n) is 2.40. The quantitative estimate of drug-likeness (QED) is 0.406. The maximum absolute atomic E-state index is 6.73. The molecule has 0 aliphatic heterocycles. The van der Waals surface area contributed by atoms with Crippen molar-refractivity contribution in [3.63, 3.8) is 0 Å². The second-order valence-corrected chi connectivity index (χ2v) is 3.78. The Bertz CT molecular complexity index is 141. The van der Waals surface area contributed by atoms with Gasteiger partial charge in [-0.2, -0.15) is 0 Å². The maximum atomic E-state index is 6.73. The van der Waals surface area contributed by atoms with Crippen LogP contribution in [0.25, 0.3) is 4.85 Å². The van der Waals surface area contributed by atoms with Crippen molar-refractivity contribution in [3.8, 4) is 0 Å². The second kappa shape index (κ2) is 10.5. The van der Waals surface area contributed by atoms with E-state index in [0.717, 1.165) is 13.0 Å². The van der Waals surface area contributed by atoms with E-state index in [4.69, 9.17) is 6.57 Å². The lowest BCUT2D eigenvalue weighted by Crippen LogP contribution is -2.27. The van der Waals surface area contributed by atoms with Gasteiger partial charge in [-0.15, -0.1) is 0 Å². The molecule has 0 spiro atoms. The summed E-state index contributed by atoms with van der Waals surface area (Å²) in [7, 11) is 0. The molecule has 0 atom stereocenters. The van der Waals surface area contributed by atoms with E-state index in [2.05, 4.69) is 23.6 Å². The Balaban J connectivity index is 3.56. The monoisotopic (exact) mass is 196 g/mol. The largest absolute Gasteiger partial charge is 0.317 e. The van der Waals surface area contributed by atoms with E-state index in [-0.39, 0.29) is 0 Å². The third kappa shape index (κ3) is 8.07. The number of hydrogen-bond donors (Lipinski definition) is 0. The molecule has 0 fully saturated rings. The first-order valence-corrected chi connectivity index (χ1v) is 5.90. The minimum atomic E-state index is 0.689. The lowest BCUT2D eigenvalue weighted by Gasteiger charge is -2.20. The fraction of sp³-hybridized carbons (Fsp3) is 0.917. The average Bonchev–Trinajstić information content (AvgIpc) is 2.21. The molecule has 14 heavy (non-hydrogen) atoms. The van der Waals surface area contributed by atoms with Crippen LogP contribution in [0.5, 0.6) is 0 Å². The van der Waals surface area contributed by atoms with Gasteiger partial charge in [0.1, 0.15) is 0 Å². The fourth-order valence-corrected chi connectivity index (χ4v) is 1.47. The molecule has 0 aromatic heterocycles. The molecule has 0 rings (SSSR count). The van der Waals surface area contributed by atoms with E-state index >= 15 is 0 Å². The third-order valence-corrected chi connectivity index (χ3v) is 2.40. The van der Waals surface area contributed by atoms with Gasteiger partial charge in [0, 0.05) is 13.0 Å². The molecule has 0 aliphatic carbocycles. The van der Waals surface area contributed by atoms with Gasteiger partial charge >= 0.3 is 0 Å². The minimum Gasteiger partial charge on any atom is -0.317 e. The van der Waals surface area contributed by atoms with Crippen LogP contribution in [0.4, 0.5) is 0 Å². The predicted molar refractivity (Wildman–Crippen MR) is 62.3 cm³/mol. The summed E-state index contributed by atoms with van der Waals surface area (Å²) in [5.41, 5.74) is 0. The summed E-state index contributed by atoms with van der Waals surface area (Å²) in [6.45, 7) is 15.4. The molecule has 0 unspecified atom stereocenters. The summed E-state index contributed by atoms with van der Waals surface area (Å²) in [5, 5.41) is 0. The standard InChI is InChI=1S/C12H24N2/c1-4-6-10-14(11-7-5-2)12-8-9-13-3/h4-12H2,1-2H3. The zero-order valence-electron chi connectivity index (χ0n) is 9.76.